The molecule has 0 saturated heterocycles. The van der Waals surface area contributed by atoms with E-state index >= 15 is 0 Å². The number of unbranched alkanes of at least 4 members (excludes halogenated alkanes) is 3. The number of hydrogen-bond donors (Lipinski definition) is 1. The zero-order chi connectivity index (χ0) is 11.5. The van der Waals surface area contributed by atoms with Crippen molar-refractivity contribution in [3.8, 4) is 0 Å². The highest BCUT2D eigenvalue weighted by molar-refractivity contribution is 4.66. The van der Waals surface area contributed by atoms with Gasteiger partial charge in [0.15, 0.2) is 0 Å². The average Bonchev–Trinajstić information content (AvgIpc) is 2.24. The summed E-state index contributed by atoms with van der Waals surface area (Å²) in [4.78, 5) is 2.47. The van der Waals surface area contributed by atoms with Gasteiger partial charge in [-0.25, -0.2) is 0 Å². The molecule has 0 aliphatic carbocycles. The van der Waals surface area contributed by atoms with Crippen LogP contribution in [0.1, 0.15) is 52.9 Å². The van der Waals surface area contributed by atoms with Gasteiger partial charge in [-0.15, -0.1) is 0 Å². The van der Waals surface area contributed by atoms with Crippen molar-refractivity contribution in [3.63, 3.8) is 0 Å². The lowest BCUT2D eigenvalue weighted by Gasteiger charge is -2.24. The molecule has 0 bridgehead atoms. The number of rotatable bonds is 10. The number of nitrogens with zero attached hydrogens (tertiary/aromatic N) is 1. The van der Waals surface area contributed by atoms with Crippen LogP contribution in [0.5, 0.6) is 0 Å². The van der Waals surface area contributed by atoms with E-state index in [2.05, 4.69) is 38.0 Å². The van der Waals surface area contributed by atoms with Gasteiger partial charge in [-0.05, 0) is 39.9 Å². The Morgan fingerprint density at radius 2 is 1.73 bits per heavy atom. The predicted molar refractivity (Wildman–Crippen MR) is 69.4 cm³/mol. The zero-order valence-electron chi connectivity index (χ0n) is 11.2. The van der Waals surface area contributed by atoms with Crippen molar-refractivity contribution in [2.75, 3.05) is 26.7 Å². The van der Waals surface area contributed by atoms with Gasteiger partial charge in [0.1, 0.15) is 0 Å². The van der Waals surface area contributed by atoms with E-state index in [1.165, 1.54) is 45.2 Å². The van der Waals surface area contributed by atoms with E-state index in [1.54, 1.807) is 0 Å². The summed E-state index contributed by atoms with van der Waals surface area (Å²) < 4.78 is 0. The molecule has 0 radical (unpaired) electrons. The minimum absolute atomic E-state index is 0.665. The third kappa shape index (κ3) is 8.88. The first-order valence-corrected chi connectivity index (χ1v) is 6.63. The van der Waals surface area contributed by atoms with Crippen molar-refractivity contribution in [1.82, 2.24) is 10.2 Å². The second-order valence-corrected chi connectivity index (χ2v) is 4.59. The second-order valence-electron chi connectivity index (χ2n) is 4.59. The van der Waals surface area contributed by atoms with Crippen molar-refractivity contribution < 1.29 is 0 Å². The first kappa shape index (κ1) is 14.9. The summed E-state index contributed by atoms with van der Waals surface area (Å²) >= 11 is 0. The van der Waals surface area contributed by atoms with Crippen LogP contribution in [0.3, 0.4) is 0 Å². The first-order valence-electron chi connectivity index (χ1n) is 6.63. The Bertz CT molecular complexity index is 126. The first-order chi connectivity index (χ1) is 7.22. The molecular formula is C13H30N2. The van der Waals surface area contributed by atoms with Crippen molar-refractivity contribution in [2.45, 2.75) is 58.9 Å². The largest absolute Gasteiger partial charge is 0.315 e. The third-order valence-corrected chi connectivity index (χ3v) is 3.01. The van der Waals surface area contributed by atoms with Gasteiger partial charge < -0.3 is 10.2 Å². The van der Waals surface area contributed by atoms with Gasteiger partial charge in [-0.1, -0.05) is 33.1 Å². The van der Waals surface area contributed by atoms with Gasteiger partial charge in [-0.2, -0.15) is 0 Å². The summed E-state index contributed by atoms with van der Waals surface area (Å²) in [5.41, 5.74) is 0. The smallest absolute Gasteiger partial charge is 0.0189 e. The molecule has 2 heteroatoms. The normalized spacial score (nSPS) is 13.4. The molecule has 15 heavy (non-hydrogen) atoms. The maximum absolute atomic E-state index is 3.52. The SMILES string of the molecule is CCCCCN(C)C(C)CNCCCC. The summed E-state index contributed by atoms with van der Waals surface area (Å²) in [6.07, 6.45) is 6.60. The molecule has 1 atom stereocenters. The molecule has 0 amide bonds. The molecule has 0 fully saturated rings. The van der Waals surface area contributed by atoms with Gasteiger partial charge in [0, 0.05) is 12.6 Å². The summed E-state index contributed by atoms with van der Waals surface area (Å²) in [5.74, 6) is 0. The zero-order valence-corrected chi connectivity index (χ0v) is 11.2. The lowest BCUT2D eigenvalue weighted by Crippen LogP contribution is -2.38. The molecule has 0 aromatic rings. The molecule has 2 nitrogen and oxygen atoms in total. The Hall–Kier alpha value is -0.0800. The Morgan fingerprint density at radius 1 is 1.07 bits per heavy atom. The van der Waals surface area contributed by atoms with Gasteiger partial charge in [0.05, 0.1) is 0 Å². The van der Waals surface area contributed by atoms with Crippen LogP contribution >= 0.6 is 0 Å². The maximum Gasteiger partial charge on any atom is 0.0189 e. The van der Waals surface area contributed by atoms with E-state index in [4.69, 9.17) is 0 Å². The summed E-state index contributed by atoms with van der Waals surface area (Å²) in [5, 5.41) is 3.52. The van der Waals surface area contributed by atoms with E-state index in [1.807, 2.05) is 0 Å². The van der Waals surface area contributed by atoms with Crippen LogP contribution < -0.4 is 5.32 Å². The summed E-state index contributed by atoms with van der Waals surface area (Å²) in [6, 6.07) is 0.665. The molecule has 0 aliphatic rings. The molecule has 0 heterocycles. The van der Waals surface area contributed by atoms with Gasteiger partial charge >= 0.3 is 0 Å². The van der Waals surface area contributed by atoms with E-state index in [0.29, 0.717) is 6.04 Å². The minimum Gasteiger partial charge on any atom is -0.315 e. The molecule has 0 aromatic heterocycles. The van der Waals surface area contributed by atoms with Crippen LogP contribution in [0.4, 0.5) is 0 Å². The quantitative estimate of drug-likeness (QED) is 0.563. The van der Waals surface area contributed by atoms with Crippen molar-refractivity contribution >= 4 is 0 Å². The molecule has 0 spiro atoms. The van der Waals surface area contributed by atoms with E-state index < -0.39 is 0 Å². The third-order valence-electron chi connectivity index (χ3n) is 3.01. The van der Waals surface area contributed by atoms with Crippen LogP contribution in [0.2, 0.25) is 0 Å². The molecule has 1 N–H and O–H groups in total. The summed E-state index contributed by atoms with van der Waals surface area (Å²) in [6.45, 7) is 10.3. The lowest BCUT2D eigenvalue weighted by molar-refractivity contribution is 0.246. The number of hydrogen-bond acceptors (Lipinski definition) is 2. The fraction of sp³-hybridized carbons (Fsp3) is 1.00. The van der Waals surface area contributed by atoms with E-state index in [9.17, 15) is 0 Å². The van der Waals surface area contributed by atoms with Crippen molar-refractivity contribution in [2.24, 2.45) is 0 Å². The fourth-order valence-electron chi connectivity index (χ4n) is 1.60. The Labute approximate surface area is 96.4 Å². The second kappa shape index (κ2) is 10.4. The highest BCUT2D eigenvalue weighted by atomic mass is 15.1. The van der Waals surface area contributed by atoms with Crippen molar-refractivity contribution in [3.05, 3.63) is 0 Å². The molecule has 0 aromatic carbocycles. The molecule has 0 aliphatic heterocycles. The standard InChI is InChI=1S/C13H30N2/c1-5-7-9-11-15(4)13(3)12-14-10-8-6-2/h13-14H,5-12H2,1-4H3. The molecule has 0 saturated carbocycles. The fourth-order valence-corrected chi connectivity index (χ4v) is 1.60. The number of nitrogens with one attached hydrogen (secondary N) is 1. The Balaban J connectivity index is 3.38. The maximum atomic E-state index is 3.52. The lowest BCUT2D eigenvalue weighted by atomic mass is 10.2. The molecule has 92 valence electrons. The van der Waals surface area contributed by atoms with Gasteiger partial charge in [0.25, 0.3) is 0 Å². The van der Waals surface area contributed by atoms with Crippen LogP contribution in [0, 0.1) is 0 Å². The Morgan fingerprint density at radius 3 is 2.33 bits per heavy atom. The van der Waals surface area contributed by atoms with Crippen LogP contribution in [-0.4, -0.2) is 37.6 Å². The predicted octanol–water partition coefficient (Wildman–Crippen LogP) is 2.89. The number of likely N-dealkylation sites (N-methyl/N-ethyl adjacent to an activating group) is 1. The monoisotopic (exact) mass is 214 g/mol. The van der Waals surface area contributed by atoms with E-state index in [0.717, 1.165) is 6.54 Å². The topological polar surface area (TPSA) is 15.3 Å². The highest BCUT2D eigenvalue weighted by Crippen LogP contribution is 2.00. The highest BCUT2D eigenvalue weighted by Gasteiger charge is 2.07. The van der Waals surface area contributed by atoms with Gasteiger partial charge in [-0.3, -0.25) is 0 Å². The molecule has 0 rings (SSSR count). The average molecular weight is 214 g/mol. The minimum atomic E-state index is 0.665. The van der Waals surface area contributed by atoms with Gasteiger partial charge in [0.2, 0.25) is 0 Å². The molecule has 1 unspecified atom stereocenters. The van der Waals surface area contributed by atoms with Crippen LogP contribution in [0.15, 0.2) is 0 Å². The van der Waals surface area contributed by atoms with E-state index in [-0.39, 0.29) is 0 Å². The van der Waals surface area contributed by atoms with Crippen LogP contribution in [0.25, 0.3) is 0 Å². The Kier molecular flexibility index (Phi) is 10.4. The summed E-state index contributed by atoms with van der Waals surface area (Å²) in [7, 11) is 2.24. The van der Waals surface area contributed by atoms with Crippen molar-refractivity contribution in [1.29, 1.82) is 0 Å². The molecular weight excluding hydrogens is 184 g/mol. The van der Waals surface area contributed by atoms with Crippen LogP contribution in [-0.2, 0) is 0 Å².